The second kappa shape index (κ2) is 6.22. The number of rotatable bonds is 5. The minimum absolute atomic E-state index is 0.0875. The van der Waals surface area contributed by atoms with Crippen molar-refractivity contribution >= 4 is 17.5 Å². The van der Waals surface area contributed by atoms with Gasteiger partial charge in [0.15, 0.2) is 5.78 Å². The third-order valence-corrected chi connectivity index (χ3v) is 3.91. The first kappa shape index (κ1) is 12.7. The van der Waals surface area contributed by atoms with E-state index in [0.29, 0.717) is 6.10 Å². The molecule has 0 spiro atoms. The summed E-state index contributed by atoms with van der Waals surface area (Å²) in [6, 6.07) is 7.72. The smallest absolute Gasteiger partial charge is 0.188 e. The van der Waals surface area contributed by atoms with Crippen LogP contribution in [0.5, 0.6) is 0 Å². The molecule has 92 valence electrons. The molecule has 0 bridgehead atoms. The number of ether oxygens (including phenoxy) is 1. The molecular formula is C14H18O2S. The molecule has 0 aliphatic heterocycles. The monoisotopic (exact) mass is 250 g/mol. The molecular weight excluding hydrogens is 232 g/mol. The lowest BCUT2D eigenvalue weighted by Gasteiger charge is -2.10. The first-order valence-corrected chi connectivity index (χ1v) is 7.31. The van der Waals surface area contributed by atoms with Gasteiger partial charge in [0.2, 0.25) is 0 Å². The van der Waals surface area contributed by atoms with Gasteiger partial charge in [-0.25, -0.2) is 0 Å². The summed E-state index contributed by atoms with van der Waals surface area (Å²) >= 11 is 1.68. The van der Waals surface area contributed by atoms with Crippen molar-refractivity contribution < 1.29 is 9.53 Å². The van der Waals surface area contributed by atoms with Crippen LogP contribution >= 0.6 is 11.8 Å². The lowest BCUT2D eigenvalue weighted by molar-refractivity contribution is 0.0482. The van der Waals surface area contributed by atoms with Crippen LogP contribution in [0.15, 0.2) is 29.2 Å². The number of hydrogen-bond donors (Lipinski definition) is 0. The van der Waals surface area contributed by atoms with Crippen LogP contribution in [-0.4, -0.2) is 24.7 Å². The molecule has 0 saturated heterocycles. The molecule has 17 heavy (non-hydrogen) atoms. The topological polar surface area (TPSA) is 26.3 Å². The van der Waals surface area contributed by atoms with Crippen LogP contribution in [0.4, 0.5) is 0 Å². The zero-order chi connectivity index (χ0) is 12.1. The predicted octanol–water partition coefficient (Wildman–Crippen LogP) is 3.55. The van der Waals surface area contributed by atoms with Gasteiger partial charge in [0.25, 0.3) is 0 Å². The summed E-state index contributed by atoms with van der Waals surface area (Å²) in [5.41, 5.74) is 0.751. The van der Waals surface area contributed by atoms with Crippen molar-refractivity contribution in [3.8, 4) is 0 Å². The first-order valence-electron chi connectivity index (χ1n) is 6.08. The minimum Gasteiger partial charge on any atom is -0.370 e. The van der Waals surface area contributed by atoms with E-state index in [1.807, 2.05) is 30.5 Å². The average molecular weight is 250 g/mol. The molecule has 0 unspecified atom stereocenters. The summed E-state index contributed by atoms with van der Waals surface area (Å²) in [7, 11) is 0. The SMILES string of the molecule is CSc1ccc(C(=O)COC2CCCC2)cc1. The number of hydrogen-bond acceptors (Lipinski definition) is 3. The normalized spacial score (nSPS) is 16.3. The Kier molecular flexibility index (Phi) is 4.63. The maximum absolute atomic E-state index is 11.9. The summed E-state index contributed by atoms with van der Waals surface area (Å²) in [5, 5.41) is 0. The van der Waals surface area contributed by atoms with E-state index in [4.69, 9.17) is 4.74 Å². The van der Waals surface area contributed by atoms with Crippen molar-refractivity contribution in [2.75, 3.05) is 12.9 Å². The fourth-order valence-electron chi connectivity index (χ4n) is 2.11. The van der Waals surface area contributed by atoms with Crippen LogP contribution in [0.3, 0.4) is 0 Å². The Balaban J connectivity index is 1.85. The van der Waals surface area contributed by atoms with Crippen molar-refractivity contribution in [2.45, 2.75) is 36.7 Å². The van der Waals surface area contributed by atoms with E-state index in [0.717, 1.165) is 18.4 Å². The van der Waals surface area contributed by atoms with Crippen LogP contribution in [-0.2, 0) is 4.74 Å². The second-order valence-corrected chi connectivity index (χ2v) is 5.25. The molecule has 0 radical (unpaired) electrons. The summed E-state index contributed by atoms with van der Waals surface area (Å²) in [4.78, 5) is 13.0. The number of carbonyl (C=O) groups excluding carboxylic acids is 1. The number of benzene rings is 1. The van der Waals surface area contributed by atoms with E-state index in [1.165, 1.54) is 17.7 Å². The molecule has 0 heterocycles. The lowest BCUT2D eigenvalue weighted by Crippen LogP contribution is -2.15. The van der Waals surface area contributed by atoms with E-state index in [1.54, 1.807) is 11.8 Å². The molecule has 2 rings (SSSR count). The van der Waals surface area contributed by atoms with Crippen LogP contribution in [0.1, 0.15) is 36.0 Å². The first-order chi connectivity index (χ1) is 8.29. The highest BCUT2D eigenvalue weighted by Crippen LogP contribution is 2.21. The Morgan fingerprint density at radius 3 is 2.53 bits per heavy atom. The fourth-order valence-corrected chi connectivity index (χ4v) is 2.52. The van der Waals surface area contributed by atoms with Crippen molar-refractivity contribution in [3.05, 3.63) is 29.8 Å². The molecule has 1 aliphatic rings. The van der Waals surface area contributed by atoms with Gasteiger partial charge in [0.05, 0.1) is 6.10 Å². The fraction of sp³-hybridized carbons (Fsp3) is 0.500. The highest BCUT2D eigenvalue weighted by atomic mass is 32.2. The molecule has 0 amide bonds. The van der Waals surface area contributed by atoms with Crippen molar-refractivity contribution in [2.24, 2.45) is 0 Å². The Labute approximate surface area is 107 Å². The molecule has 1 aliphatic carbocycles. The predicted molar refractivity (Wildman–Crippen MR) is 70.8 cm³/mol. The third-order valence-electron chi connectivity index (χ3n) is 3.16. The molecule has 2 nitrogen and oxygen atoms in total. The van der Waals surface area contributed by atoms with Crippen molar-refractivity contribution in [1.82, 2.24) is 0 Å². The van der Waals surface area contributed by atoms with Crippen LogP contribution < -0.4 is 0 Å². The maximum Gasteiger partial charge on any atom is 0.188 e. The van der Waals surface area contributed by atoms with Gasteiger partial charge in [-0.1, -0.05) is 25.0 Å². The van der Waals surface area contributed by atoms with Gasteiger partial charge in [0.1, 0.15) is 6.61 Å². The standard InChI is InChI=1S/C14H18O2S/c1-17-13-8-6-11(7-9-13)14(15)10-16-12-4-2-3-5-12/h6-9,12H,2-5,10H2,1H3. The van der Waals surface area contributed by atoms with E-state index >= 15 is 0 Å². The zero-order valence-electron chi connectivity index (χ0n) is 10.1. The second-order valence-electron chi connectivity index (χ2n) is 4.37. The quantitative estimate of drug-likeness (QED) is 0.590. The van der Waals surface area contributed by atoms with Gasteiger partial charge >= 0.3 is 0 Å². The molecule has 1 aromatic rings. The highest BCUT2D eigenvalue weighted by Gasteiger charge is 2.17. The summed E-state index contributed by atoms with van der Waals surface area (Å²) < 4.78 is 5.62. The van der Waals surface area contributed by atoms with Gasteiger partial charge in [-0.3, -0.25) is 4.79 Å². The van der Waals surface area contributed by atoms with Gasteiger partial charge in [0, 0.05) is 10.5 Å². The average Bonchev–Trinajstić information content (AvgIpc) is 2.89. The van der Waals surface area contributed by atoms with E-state index in [9.17, 15) is 4.79 Å². The molecule has 1 aromatic carbocycles. The van der Waals surface area contributed by atoms with E-state index in [-0.39, 0.29) is 12.4 Å². The molecule has 1 saturated carbocycles. The third kappa shape index (κ3) is 3.58. The lowest BCUT2D eigenvalue weighted by atomic mass is 10.1. The van der Waals surface area contributed by atoms with Crippen molar-refractivity contribution in [1.29, 1.82) is 0 Å². The Morgan fingerprint density at radius 1 is 1.29 bits per heavy atom. The number of ketones is 1. The maximum atomic E-state index is 11.9. The van der Waals surface area contributed by atoms with Gasteiger partial charge < -0.3 is 4.74 Å². The van der Waals surface area contributed by atoms with Gasteiger partial charge in [-0.05, 0) is 31.2 Å². The van der Waals surface area contributed by atoms with Crippen LogP contribution in [0.25, 0.3) is 0 Å². The summed E-state index contributed by atoms with van der Waals surface area (Å²) in [6.45, 7) is 0.225. The minimum atomic E-state index is 0.0875. The van der Waals surface area contributed by atoms with E-state index < -0.39 is 0 Å². The summed E-state index contributed by atoms with van der Waals surface area (Å²) in [5.74, 6) is 0.0875. The Morgan fingerprint density at radius 2 is 1.94 bits per heavy atom. The highest BCUT2D eigenvalue weighted by molar-refractivity contribution is 7.98. The largest absolute Gasteiger partial charge is 0.370 e. The van der Waals surface area contributed by atoms with Gasteiger partial charge in [-0.15, -0.1) is 11.8 Å². The Bertz CT molecular complexity index is 366. The molecule has 3 heteroatoms. The Hall–Kier alpha value is -0.800. The van der Waals surface area contributed by atoms with Crippen LogP contribution in [0, 0.1) is 0 Å². The molecule has 1 fully saturated rings. The number of thioether (sulfide) groups is 1. The van der Waals surface area contributed by atoms with E-state index in [2.05, 4.69) is 0 Å². The molecule has 0 atom stereocenters. The molecule has 0 N–H and O–H groups in total. The summed E-state index contributed by atoms with van der Waals surface area (Å²) in [6.07, 6.45) is 7.03. The van der Waals surface area contributed by atoms with Gasteiger partial charge in [-0.2, -0.15) is 0 Å². The number of Topliss-reactive ketones (excluding diaryl/α,β-unsaturated/α-hetero) is 1. The zero-order valence-corrected chi connectivity index (χ0v) is 11.0. The van der Waals surface area contributed by atoms with Crippen molar-refractivity contribution in [3.63, 3.8) is 0 Å². The molecule has 0 aromatic heterocycles. The van der Waals surface area contributed by atoms with Crippen LogP contribution in [0.2, 0.25) is 0 Å². The number of carbonyl (C=O) groups is 1.